The zero-order chi connectivity index (χ0) is 22.1. The summed E-state index contributed by atoms with van der Waals surface area (Å²) >= 11 is 0. The highest BCUT2D eigenvalue weighted by atomic mass is 16.2. The van der Waals surface area contributed by atoms with Crippen LogP contribution in [-0.2, 0) is 11.3 Å². The molecule has 0 bridgehead atoms. The number of benzene rings is 2. The van der Waals surface area contributed by atoms with E-state index in [2.05, 4.69) is 34.7 Å². The standard InChI is InChI=1S/C24H27N5O2/c1-3-28(4-2)22-13-11-21(12-14-22)24(31)27-26-23(30)15-10-20-16-25-29(18-20)17-19-8-6-5-7-9-19/h5-16,18H,3-4,17H2,1-2H3,(H,26,30)(H,27,31)/b15-10+. The number of nitrogens with zero attached hydrogens (tertiary/aromatic N) is 3. The molecule has 0 aliphatic carbocycles. The molecule has 1 heterocycles. The number of amides is 2. The predicted octanol–water partition coefficient (Wildman–Crippen LogP) is 3.25. The molecule has 0 aliphatic rings. The van der Waals surface area contributed by atoms with Gasteiger partial charge in [-0.25, -0.2) is 0 Å². The van der Waals surface area contributed by atoms with E-state index in [9.17, 15) is 9.59 Å². The van der Waals surface area contributed by atoms with Crippen LogP contribution in [0.2, 0.25) is 0 Å². The molecule has 0 unspecified atom stereocenters. The van der Waals surface area contributed by atoms with Crippen LogP contribution in [0.15, 0.2) is 73.1 Å². The Morgan fingerprint density at radius 3 is 2.39 bits per heavy atom. The van der Waals surface area contributed by atoms with Crippen molar-refractivity contribution in [2.24, 2.45) is 0 Å². The second-order valence-corrected chi connectivity index (χ2v) is 6.95. The first-order chi connectivity index (χ1) is 15.1. The smallest absolute Gasteiger partial charge is 0.269 e. The summed E-state index contributed by atoms with van der Waals surface area (Å²) in [5, 5.41) is 4.30. The molecule has 0 aliphatic heterocycles. The average molecular weight is 418 g/mol. The van der Waals surface area contributed by atoms with E-state index in [1.807, 2.05) is 48.7 Å². The summed E-state index contributed by atoms with van der Waals surface area (Å²) in [4.78, 5) is 26.5. The number of aromatic nitrogens is 2. The van der Waals surface area contributed by atoms with Gasteiger partial charge in [0, 0.05) is 42.2 Å². The Bertz CT molecular complexity index is 1020. The van der Waals surface area contributed by atoms with Crippen LogP contribution in [0, 0.1) is 0 Å². The van der Waals surface area contributed by atoms with Crippen LogP contribution >= 0.6 is 0 Å². The first-order valence-electron chi connectivity index (χ1n) is 10.3. The quantitative estimate of drug-likeness (QED) is 0.436. The molecule has 0 atom stereocenters. The summed E-state index contributed by atoms with van der Waals surface area (Å²) in [5.74, 6) is -0.799. The molecule has 3 rings (SSSR count). The van der Waals surface area contributed by atoms with Crippen molar-refractivity contribution in [2.75, 3.05) is 18.0 Å². The molecule has 7 heteroatoms. The van der Waals surface area contributed by atoms with Crippen molar-refractivity contribution < 1.29 is 9.59 Å². The molecule has 0 fully saturated rings. The van der Waals surface area contributed by atoms with Crippen LogP contribution in [-0.4, -0.2) is 34.7 Å². The predicted molar refractivity (Wildman–Crippen MR) is 122 cm³/mol. The third-order valence-corrected chi connectivity index (χ3v) is 4.83. The van der Waals surface area contributed by atoms with E-state index < -0.39 is 5.91 Å². The van der Waals surface area contributed by atoms with Gasteiger partial charge in [-0.2, -0.15) is 5.10 Å². The maximum Gasteiger partial charge on any atom is 0.269 e. The molecule has 31 heavy (non-hydrogen) atoms. The van der Waals surface area contributed by atoms with E-state index in [4.69, 9.17) is 0 Å². The molecular weight excluding hydrogens is 390 g/mol. The van der Waals surface area contributed by atoms with Crippen LogP contribution in [0.3, 0.4) is 0 Å². The second-order valence-electron chi connectivity index (χ2n) is 6.95. The molecule has 1 aromatic heterocycles. The first-order valence-corrected chi connectivity index (χ1v) is 10.3. The molecule has 2 amide bonds. The van der Waals surface area contributed by atoms with Crippen molar-refractivity contribution in [3.8, 4) is 0 Å². The van der Waals surface area contributed by atoms with Gasteiger partial charge in [0.05, 0.1) is 12.7 Å². The molecule has 160 valence electrons. The minimum atomic E-state index is -0.427. The monoisotopic (exact) mass is 417 g/mol. The number of carbonyl (C=O) groups is 2. The van der Waals surface area contributed by atoms with Gasteiger partial charge in [0.25, 0.3) is 11.8 Å². The van der Waals surface area contributed by atoms with E-state index in [0.717, 1.165) is 29.9 Å². The molecule has 0 spiro atoms. The zero-order valence-corrected chi connectivity index (χ0v) is 17.8. The Balaban J connectivity index is 1.48. The fraction of sp³-hybridized carbons (Fsp3) is 0.208. The number of carbonyl (C=O) groups excluding carboxylic acids is 2. The maximum atomic E-state index is 12.2. The van der Waals surface area contributed by atoms with Gasteiger partial charge in [0.15, 0.2) is 0 Å². The van der Waals surface area contributed by atoms with Crippen LogP contribution < -0.4 is 15.8 Å². The maximum absolute atomic E-state index is 12.2. The van der Waals surface area contributed by atoms with Crippen molar-refractivity contribution in [3.63, 3.8) is 0 Å². The Morgan fingerprint density at radius 1 is 1.00 bits per heavy atom. The van der Waals surface area contributed by atoms with Gasteiger partial charge in [-0.3, -0.25) is 25.1 Å². The van der Waals surface area contributed by atoms with Crippen molar-refractivity contribution in [1.82, 2.24) is 20.6 Å². The minimum Gasteiger partial charge on any atom is -0.372 e. The third-order valence-electron chi connectivity index (χ3n) is 4.83. The first kappa shape index (κ1) is 21.8. The van der Waals surface area contributed by atoms with E-state index >= 15 is 0 Å². The van der Waals surface area contributed by atoms with E-state index in [1.165, 1.54) is 6.08 Å². The molecular formula is C24H27N5O2. The molecule has 0 saturated heterocycles. The van der Waals surface area contributed by atoms with Gasteiger partial charge >= 0.3 is 0 Å². The zero-order valence-electron chi connectivity index (χ0n) is 17.8. The largest absolute Gasteiger partial charge is 0.372 e. The second kappa shape index (κ2) is 10.8. The van der Waals surface area contributed by atoms with E-state index in [-0.39, 0.29) is 5.91 Å². The van der Waals surface area contributed by atoms with Gasteiger partial charge in [-0.15, -0.1) is 0 Å². The van der Waals surface area contributed by atoms with Crippen molar-refractivity contribution in [2.45, 2.75) is 20.4 Å². The number of hydrogen-bond donors (Lipinski definition) is 2. The summed E-state index contributed by atoms with van der Waals surface area (Å²) in [6.07, 6.45) is 6.54. The fourth-order valence-corrected chi connectivity index (χ4v) is 3.14. The summed E-state index contributed by atoms with van der Waals surface area (Å²) in [6.45, 7) is 6.62. The van der Waals surface area contributed by atoms with E-state index in [0.29, 0.717) is 12.1 Å². The van der Waals surface area contributed by atoms with Crippen LogP contribution in [0.1, 0.15) is 35.3 Å². The van der Waals surface area contributed by atoms with Gasteiger partial charge in [0.1, 0.15) is 0 Å². The molecule has 0 saturated carbocycles. The molecule has 2 aromatic carbocycles. The lowest BCUT2D eigenvalue weighted by Gasteiger charge is -2.21. The number of nitrogens with one attached hydrogen (secondary N) is 2. The van der Waals surface area contributed by atoms with Crippen LogP contribution in [0.5, 0.6) is 0 Å². The van der Waals surface area contributed by atoms with E-state index in [1.54, 1.807) is 29.1 Å². The van der Waals surface area contributed by atoms with Gasteiger partial charge in [0.2, 0.25) is 0 Å². The molecule has 0 radical (unpaired) electrons. The highest BCUT2D eigenvalue weighted by Crippen LogP contribution is 2.14. The highest BCUT2D eigenvalue weighted by molar-refractivity contribution is 5.98. The number of hydrogen-bond acceptors (Lipinski definition) is 4. The van der Waals surface area contributed by atoms with Gasteiger partial charge in [-0.05, 0) is 49.8 Å². The van der Waals surface area contributed by atoms with Crippen LogP contribution in [0.25, 0.3) is 6.08 Å². The normalized spacial score (nSPS) is 10.8. The lowest BCUT2D eigenvalue weighted by atomic mass is 10.2. The molecule has 2 N–H and O–H groups in total. The highest BCUT2D eigenvalue weighted by Gasteiger charge is 2.08. The lowest BCUT2D eigenvalue weighted by Crippen LogP contribution is -2.40. The SMILES string of the molecule is CCN(CC)c1ccc(C(=O)NNC(=O)/C=C/c2cnn(Cc3ccccc3)c2)cc1. The fourth-order valence-electron chi connectivity index (χ4n) is 3.14. The molecule has 3 aromatic rings. The summed E-state index contributed by atoms with van der Waals surface area (Å²) in [7, 11) is 0. The number of rotatable bonds is 8. The summed E-state index contributed by atoms with van der Waals surface area (Å²) < 4.78 is 1.80. The Hall–Kier alpha value is -3.87. The average Bonchev–Trinajstić information content (AvgIpc) is 3.25. The van der Waals surface area contributed by atoms with Crippen molar-refractivity contribution >= 4 is 23.6 Å². The third kappa shape index (κ3) is 6.30. The topological polar surface area (TPSA) is 79.3 Å². The Kier molecular flexibility index (Phi) is 7.59. The number of hydrazine groups is 1. The summed E-state index contributed by atoms with van der Waals surface area (Å²) in [5.41, 5.74) is 8.29. The summed E-state index contributed by atoms with van der Waals surface area (Å²) in [6, 6.07) is 17.3. The Morgan fingerprint density at radius 2 is 1.71 bits per heavy atom. The van der Waals surface area contributed by atoms with Gasteiger partial charge < -0.3 is 4.90 Å². The van der Waals surface area contributed by atoms with Crippen molar-refractivity contribution in [3.05, 3.63) is 89.8 Å². The molecule has 7 nitrogen and oxygen atoms in total. The van der Waals surface area contributed by atoms with Crippen LogP contribution in [0.4, 0.5) is 5.69 Å². The van der Waals surface area contributed by atoms with Gasteiger partial charge in [-0.1, -0.05) is 30.3 Å². The van der Waals surface area contributed by atoms with Crippen molar-refractivity contribution in [1.29, 1.82) is 0 Å². The number of anilines is 1. The Labute approximate surface area is 182 Å². The minimum absolute atomic E-state index is 0.372. The lowest BCUT2D eigenvalue weighted by molar-refractivity contribution is -0.117.